The van der Waals surface area contributed by atoms with Gasteiger partial charge in [-0.15, -0.1) is 12.4 Å². The maximum atomic E-state index is 12.5. The van der Waals surface area contributed by atoms with Crippen molar-refractivity contribution in [3.05, 3.63) is 45.1 Å². The topological polar surface area (TPSA) is 103 Å². The highest BCUT2D eigenvalue weighted by molar-refractivity contribution is 7.90. The fourth-order valence-corrected chi connectivity index (χ4v) is 3.19. The molecule has 0 aliphatic heterocycles. The Morgan fingerprint density at radius 1 is 1.07 bits per heavy atom. The summed E-state index contributed by atoms with van der Waals surface area (Å²) in [6, 6.07) is 4.81. The zero-order valence-electron chi connectivity index (χ0n) is 13.6. The van der Waals surface area contributed by atoms with E-state index < -0.39 is 33.2 Å². The van der Waals surface area contributed by atoms with Gasteiger partial charge >= 0.3 is 15.5 Å². The van der Waals surface area contributed by atoms with Crippen molar-refractivity contribution in [2.75, 3.05) is 6.54 Å². The van der Waals surface area contributed by atoms with Gasteiger partial charge in [0.2, 0.25) is 0 Å². The molecule has 0 bridgehead atoms. The van der Waals surface area contributed by atoms with Crippen LogP contribution < -0.4 is 15.8 Å². The SMILES string of the molecule is Cl.O=c1c2cccc3ncc(c(=O)n1CCCCNS(=O)(=O)C(F)(F)F)n32. The van der Waals surface area contributed by atoms with E-state index in [1.165, 1.54) is 21.4 Å². The first-order valence-corrected chi connectivity index (χ1v) is 9.00. The second-order valence-electron chi connectivity index (χ2n) is 5.56. The van der Waals surface area contributed by atoms with Crippen LogP contribution in [0.25, 0.3) is 16.7 Å². The van der Waals surface area contributed by atoms with Gasteiger partial charge in [-0.25, -0.2) is 18.1 Å². The molecule has 0 spiro atoms. The van der Waals surface area contributed by atoms with Crippen LogP contribution >= 0.6 is 12.4 Å². The van der Waals surface area contributed by atoms with Crippen LogP contribution in [0.1, 0.15) is 12.8 Å². The van der Waals surface area contributed by atoms with Gasteiger partial charge in [-0.05, 0) is 25.0 Å². The highest BCUT2D eigenvalue weighted by Gasteiger charge is 2.45. The maximum absolute atomic E-state index is 12.5. The first-order chi connectivity index (χ1) is 12.1. The summed E-state index contributed by atoms with van der Waals surface area (Å²) in [6.45, 7) is -0.501. The number of hydrogen-bond acceptors (Lipinski definition) is 5. The van der Waals surface area contributed by atoms with Crippen LogP contribution in [0, 0.1) is 0 Å². The molecule has 0 aliphatic carbocycles. The van der Waals surface area contributed by atoms with E-state index in [-0.39, 0.29) is 42.8 Å². The third kappa shape index (κ3) is 3.77. The molecular weight excluding hydrogens is 413 g/mol. The zero-order valence-corrected chi connectivity index (χ0v) is 15.2. The predicted molar refractivity (Wildman–Crippen MR) is 93.9 cm³/mol. The van der Waals surface area contributed by atoms with E-state index in [0.29, 0.717) is 5.65 Å². The van der Waals surface area contributed by atoms with Gasteiger partial charge in [0.1, 0.15) is 16.7 Å². The Kier molecular flexibility index (Phi) is 5.82. The molecule has 3 rings (SSSR count). The van der Waals surface area contributed by atoms with Crippen LogP contribution in [0.2, 0.25) is 0 Å². The van der Waals surface area contributed by atoms with Crippen LogP contribution in [0.4, 0.5) is 13.2 Å². The van der Waals surface area contributed by atoms with E-state index in [2.05, 4.69) is 4.98 Å². The molecule has 0 fully saturated rings. The molecule has 3 heterocycles. The fourth-order valence-electron chi connectivity index (χ4n) is 2.61. The van der Waals surface area contributed by atoms with Gasteiger partial charge in [-0.2, -0.15) is 13.2 Å². The molecule has 13 heteroatoms. The van der Waals surface area contributed by atoms with Gasteiger partial charge in [0.15, 0.2) is 0 Å². The molecule has 0 radical (unpaired) electrons. The zero-order chi connectivity index (χ0) is 19.1. The minimum absolute atomic E-state index is 0. The average molecular weight is 427 g/mol. The molecule has 0 amide bonds. The highest BCUT2D eigenvalue weighted by Crippen LogP contribution is 2.21. The first kappa shape index (κ1) is 21.1. The quantitative estimate of drug-likeness (QED) is 0.594. The highest BCUT2D eigenvalue weighted by atomic mass is 35.5. The molecular formula is C14H14ClF3N4O4S. The average Bonchev–Trinajstić information content (AvgIpc) is 2.99. The van der Waals surface area contributed by atoms with Crippen molar-refractivity contribution >= 4 is 39.1 Å². The summed E-state index contributed by atoms with van der Waals surface area (Å²) in [5.41, 5.74) is -5.54. The van der Waals surface area contributed by atoms with E-state index in [0.717, 1.165) is 4.57 Å². The van der Waals surface area contributed by atoms with Crippen LogP contribution in [-0.2, 0) is 16.6 Å². The maximum Gasteiger partial charge on any atom is 0.511 e. The largest absolute Gasteiger partial charge is 0.511 e. The lowest BCUT2D eigenvalue weighted by Crippen LogP contribution is -2.37. The van der Waals surface area contributed by atoms with Gasteiger partial charge in [0.25, 0.3) is 11.1 Å². The van der Waals surface area contributed by atoms with Crippen molar-refractivity contribution in [1.82, 2.24) is 18.7 Å². The van der Waals surface area contributed by atoms with E-state index >= 15 is 0 Å². The summed E-state index contributed by atoms with van der Waals surface area (Å²) in [6.07, 6.45) is 1.51. The van der Waals surface area contributed by atoms with E-state index in [1.54, 1.807) is 12.1 Å². The molecule has 3 aromatic rings. The summed E-state index contributed by atoms with van der Waals surface area (Å²) < 4.78 is 62.2. The summed E-state index contributed by atoms with van der Waals surface area (Å²) in [5, 5.41) is 0. The summed E-state index contributed by atoms with van der Waals surface area (Å²) in [7, 11) is -5.39. The Bertz CT molecular complexity index is 1170. The second-order valence-corrected chi connectivity index (χ2v) is 7.32. The number of unbranched alkanes of at least 4 members (excludes halogenated alkanes) is 1. The lowest BCUT2D eigenvalue weighted by atomic mass is 10.3. The van der Waals surface area contributed by atoms with Crippen LogP contribution in [0.15, 0.2) is 34.0 Å². The van der Waals surface area contributed by atoms with Crippen molar-refractivity contribution in [1.29, 1.82) is 0 Å². The Labute approximate surface area is 156 Å². The minimum atomic E-state index is -5.39. The lowest BCUT2D eigenvalue weighted by molar-refractivity contribution is -0.0447. The number of sulfonamides is 1. The Morgan fingerprint density at radius 3 is 2.41 bits per heavy atom. The van der Waals surface area contributed by atoms with Crippen LogP contribution in [-0.4, -0.2) is 34.4 Å². The lowest BCUT2D eigenvalue weighted by Gasteiger charge is -2.10. The molecule has 0 aromatic carbocycles. The summed E-state index contributed by atoms with van der Waals surface area (Å²) in [5.74, 6) is 0. The molecule has 0 aliphatic rings. The van der Waals surface area contributed by atoms with Gasteiger partial charge in [0.05, 0.1) is 6.20 Å². The number of imidazole rings is 1. The number of hydrogen-bond donors (Lipinski definition) is 1. The number of pyridine rings is 1. The molecule has 0 unspecified atom stereocenters. The van der Waals surface area contributed by atoms with Gasteiger partial charge < -0.3 is 0 Å². The number of nitrogens with one attached hydrogen (secondary N) is 1. The van der Waals surface area contributed by atoms with Gasteiger partial charge in [-0.3, -0.25) is 18.6 Å². The second kappa shape index (κ2) is 7.44. The molecule has 8 nitrogen and oxygen atoms in total. The van der Waals surface area contributed by atoms with E-state index in [1.807, 2.05) is 0 Å². The molecule has 3 aromatic heterocycles. The summed E-state index contributed by atoms with van der Waals surface area (Å²) >= 11 is 0. The Balaban J connectivity index is 0.00000261. The number of rotatable bonds is 6. The van der Waals surface area contributed by atoms with Crippen LogP contribution in [0.5, 0.6) is 0 Å². The standard InChI is InChI=1S/C14H13F3N4O4S.ClH/c15-14(16,17)26(24,25)19-6-1-2-7-20-12(22)9-4-3-5-11-18-8-10(13(20)23)21(9)11;/h3-5,8,19H,1-2,6-7H2;1H. The Morgan fingerprint density at radius 2 is 1.74 bits per heavy atom. The molecule has 1 N–H and O–H groups in total. The van der Waals surface area contributed by atoms with Crippen molar-refractivity contribution in [2.45, 2.75) is 24.9 Å². The summed E-state index contributed by atoms with van der Waals surface area (Å²) in [4.78, 5) is 28.9. The molecule has 0 atom stereocenters. The first-order valence-electron chi connectivity index (χ1n) is 7.52. The Hall–Kier alpha value is -2.18. The smallest absolute Gasteiger partial charge is 0.283 e. The number of nitrogens with zero attached hydrogens (tertiary/aromatic N) is 3. The molecule has 148 valence electrons. The molecule has 27 heavy (non-hydrogen) atoms. The van der Waals surface area contributed by atoms with E-state index in [4.69, 9.17) is 0 Å². The molecule has 0 saturated heterocycles. The van der Waals surface area contributed by atoms with Gasteiger partial charge in [-0.1, -0.05) is 6.07 Å². The number of halogens is 4. The van der Waals surface area contributed by atoms with Crippen molar-refractivity contribution in [3.8, 4) is 0 Å². The van der Waals surface area contributed by atoms with Crippen molar-refractivity contribution in [3.63, 3.8) is 0 Å². The van der Waals surface area contributed by atoms with Crippen molar-refractivity contribution < 1.29 is 21.6 Å². The number of alkyl halides is 3. The predicted octanol–water partition coefficient (Wildman–Crippen LogP) is 1.09. The normalized spacial score (nSPS) is 12.6. The number of aromatic nitrogens is 3. The third-order valence-electron chi connectivity index (χ3n) is 3.86. The monoisotopic (exact) mass is 426 g/mol. The van der Waals surface area contributed by atoms with E-state index in [9.17, 15) is 31.2 Å². The molecule has 0 saturated carbocycles. The third-order valence-corrected chi connectivity index (χ3v) is 5.06. The minimum Gasteiger partial charge on any atom is -0.283 e. The van der Waals surface area contributed by atoms with Gasteiger partial charge in [0, 0.05) is 13.1 Å². The fraction of sp³-hybridized carbons (Fsp3) is 0.357. The van der Waals surface area contributed by atoms with Crippen molar-refractivity contribution in [2.24, 2.45) is 0 Å². The van der Waals surface area contributed by atoms with Crippen LogP contribution in [0.3, 0.4) is 0 Å².